The maximum Gasteiger partial charge on any atom is 0.329 e. The van der Waals surface area contributed by atoms with Gasteiger partial charge in [-0.15, -0.1) is 0 Å². The van der Waals surface area contributed by atoms with Gasteiger partial charge in [0.25, 0.3) is 0 Å². The molecular formula is C13H23N3O4. The summed E-state index contributed by atoms with van der Waals surface area (Å²) in [6.45, 7) is 3.55. The van der Waals surface area contributed by atoms with Crippen LogP contribution in [0.2, 0.25) is 0 Å². The highest BCUT2D eigenvalue weighted by atomic mass is 16.4. The molecular weight excluding hydrogens is 262 g/mol. The minimum Gasteiger partial charge on any atom is -0.480 e. The van der Waals surface area contributed by atoms with Crippen molar-refractivity contribution in [3.05, 3.63) is 0 Å². The molecule has 1 saturated carbocycles. The van der Waals surface area contributed by atoms with Crippen molar-refractivity contribution in [3.63, 3.8) is 0 Å². The molecule has 1 rings (SSSR count). The number of aliphatic carboxylic acids is 1. The minimum absolute atomic E-state index is 0.0350. The standard InChI is InChI=1S/C13H23N3O4/c1-5-16(8-10(17)15(3)4)12(20)14-13(2,11(18)19)9-6-7-9/h9H,5-8H2,1-4H3,(H,14,20)(H,18,19). The summed E-state index contributed by atoms with van der Waals surface area (Å²) in [5.74, 6) is -1.28. The van der Waals surface area contributed by atoms with E-state index < -0.39 is 17.5 Å². The molecule has 1 atom stereocenters. The average molecular weight is 285 g/mol. The molecule has 7 heteroatoms. The molecule has 3 amide bonds. The molecule has 7 nitrogen and oxygen atoms in total. The number of carbonyl (C=O) groups is 3. The van der Waals surface area contributed by atoms with Crippen molar-refractivity contribution in [2.45, 2.75) is 32.2 Å². The zero-order chi connectivity index (χ0) is 15.5. The molecule has 0 bridgehead atoms. The van der Waals surface area contributed by atoms with Crippen molar-refractivity contribution in [1.82, 2.24) is 15.1 Å². The molecule has 0 heterocycles. The number of hydrogen-bond donors (Lipinski definition) is 2. The predicted molar refractivity (Wildman–Crippen MR) is 73.2 cm³/mol. The molecule has 1 fully saturated rings. The Morgan fingerprint density at radius 1 is 1.30 bits per heavy atom. The van der Waals surface area contributed by atoms with Crippen molar-refractivity contribution in [2.75, 3.05) is 27.2 Å². The molecule has 0 aromatic rings. The van der Waals surface area contributed by atoms with Crippen molar-refractivity contribution < 1.29 is 19.5 Å². The van der Waals surface area contributed by atoms with Gasteiger partial charge in [0.05, 0.1) is 0 Å². The number of carbonyl (C=O) groups excluding carboxylic acids is 2. The van der Waals surface area contributed by atoms with Gasteiger partial charge in [-0.3, -0.25) is 4.79 Å². The van der Waals surface area contributed by atoms with E-state index in [0.29, 0.717) is 6.54 Å². The van der Waals surface area contributed by atoms with E-state index in [1.807, 2.05) is 0 Å². The number of hydrogen-bond acceptors (Lipinski definition) is 3. The second-order valence-corrected chi connectivity index (χ2v) is 5.51. The van der Waals surface area contributed by atoms with Gasteiger partial charge in [-0.05, 0) is 32.6 Å². The summed E-state index contributed by atoms with van der Waals surface area (Å²) in [4.78, 5) is 37.9. The maximum atomic E-state index is 12.2. The lowest BCUT2D eigenvalue weighted by molar-refractivity contribution is -0.144. The summed E-state index contributed by atoms with van der Waals surface area (Å²) in [6, 6.07) is -0.514. The Morgan fingerprint density at radius 3 is 2.20 bits per heavy atom. The molecule has 20 heavy (non-hydrogen) atoms. The number of carboxylic acids is 1. The number of rotatable bonds is 6. The normalized spacial score (nSPS) is 17.0. The first kappa shape index (κ1) is 16.3. The summed E-state index contributed by atoms with van der Waals surface area (Å²) in [7, 11) is 3.22. The van der Waals surface area contributed by atoms with Gasteiger partial charge in [0.1, 0.15) is 12.1 Å². The Kier molecular flexibility index (Phi) is 4.97. The molecule has 1 unspecified atom stereocenters. The SMILES string of the molecule is CCN(CC(=O)N(C)C)C(=O)NC(C)(C(=O)O)C1CC1. The van der Waals surface area contributed by atoms with Crippen molar-refractivity contribution in [2.24, 2.45) is 5.92 Å². The molecule has 1 aliphatic rings. The number of nitrogens with one attached hydrogen (secondary N) is 1. The Labute approximate surface area is 118 Å². The second kappa shape index (κ2) is 6.11. The van der Waals surface area contributed by atoms with Crippen LogP contribution in [0.15, 0.2) is 0 Å². The van der Waals surface area contributed by atoms with E-state index in [9.17, 15) is 19.5 Å². The topological polar surface area (TPSA) is 90.0 Å². The van der Waals surface area contributed by atoms with Gasteiger partial charge in [-0.1, -0.05) is 0 Å². The number of likely N-dealkylation sites (N-methyl/N-ethyl adjacent to an activating group) is 2. The fourth-order valence-electron chi connectivity index (χ4n) is 1.92. The van der Waals surface area contributed by atoms with E-state index in [1.54, 1.807) is 21.0 Å². The lowest BCUT2D eigenvalue weighted by atomic mass is 9.96. The van der Waals surface area contributed by atoms with E-state index in [4.69, 9.17) is 0 Å². The first-order valence-corrected chi connectivity index (χ1v) is 6.73. The third-order valence-electron chi connectivity index (χ3n) is 3.70. The molecule has 114 valence electrons. The van der Waals surface area contributed by atoms with Crippen LogP contribution in [0.3, 0.4) is 0 Å². The summed E-state index contributed by atoms with van der Waals surface area (Å²) in [5, 5.41) is 11.9. The zero-order valence-electron chi connectivity index (χ0n) is 12.5. The van der Waals surface area contributed by atoms with E-state index in [0.717, 1.165) is 12.8 Å². The van der Waals surface area contributed by atoms with Crippen LogP contribution in [0.1, 0.15) is 26.7 Å². The highest BCUT2D eigenvalue weighted by Gasteiger charge is 2.49. The van der Waals surface area contributed by atoms with E-state index in [-0.39, 0.29) is 18.4 Å². The molecule has 1 aliphatic carbocycles. The summed E-state index contributed by atoms with van der Waals surface area (Å²) >= 11 is 0. The first-order valence-electron chi connectivity index (χ1n) is 6.73. The first-order chi connectivity index (χ1) is 9.22. The zero-order valence-corrected chi connectivity index (χ0v) is 12.5. The quantitative estimate of drug-likeness (QED) is 0.737. The van der Waals surface area contributed by atoms with E-state index in [1.165, 1.54) is 16.7 Å². The van der Waals surface area contributed by atoms with Gasteiger partial charge in [0.2, 0.25) is 5.91 Å². The van der Waals surface area contributed by atoms with Gasteiger partial charge < -0.3 is 20.2 Å². The third kappa shape index (κ3) is 3.61. The Hall–Kier alpha value is -1.79. The largest absolute Gasteiger partial charge is 0.480 e. The lowest BCUT2D eigenvalue weighted by Gasteiger charge is -2.30. The number of amides is 3. The van der Waals surface area contributed by atoms with Crippen LogP contribution in [0, 0.1) is 5.92 Å². The monoisotopic (exact) mass is 285 g/mol. The molecule has 2 N–H and O–H groups in total. The fraction of sp³-hybridized carbons (Fsp3) is 0.769. The molecule has 0 aromatic carbocycles. The van der Waals surface area contributed by atoms with Crippen LogP contribution in [-0.2, 0) is 9.59 Å². The highest BCUT2D eigenvalue weighted by Crippen LogP contribution is 2.39. The Morgan fingerprint density at radius 2 is 1.85 bits per heavy atom. The number of urea groups is 1. The number of nitrogens with zero attached hydrogens (tertiary/aromatic N) is 2. The van der Waals surface area contributed by atoms with Gasteiger partial charge in [0.15, 0.2) is 0 Å². The van der Waals surface area contributed by atoms with Crippen molar-refractivity contribution >= 4 is 17.9 Å². The molecule has 0 radical (unpaired) electrons. The summed E-state index contributed by atoms with van der Waals surface area (Å²) < 4.78 is 0. The van der Waals surface area contributed by atoms with Crippen molar-refractivity contribution in [1.29, 1.82) is 0 Å². The van der Waals surface area contributed by atoms with Gasteiger partial charge >= 0.3 is 12.0 Å². The van der Waals surface area contributed by atoms with Gasteiger partial charge in [-0.2, -0.15) is 0 Å². The van der Waals surface area contributed by atoms with Crippen LogP contribution >= 0.6 is 0 Å². The van der Waals surface area contributed by atoms with Crippen LogP contribution in [0.5, 0.6) is 0 Å². The Balaban J connectivity index is 2.71. The molecule has 0 aliphatic heterocycles. The van der Waals surface area contributed by atoms with E-state index in [2.05, 4.69) is 5.32 Å². The van der Waals surface area contributed by atoms with Gasteiger partial charge in [-0.25, -0.2) is 9.59 Å². The predicted octanol–water partition coefficient (Wildman–Crippen LogP) is 0.359. The van der Waals surface area contributed by atoms with Crippen LogP contribution in [0.25, 0.3) is 0 Å². The lowest BCUT2D eigenvalue weighted by Crippen LogP contribution is -2.58. The second-order valence-electron chi connectivity index (χ2n) is 5.51. The highest BCUT2D eigenvalue weighted by molar-refractivity contribution is 5.89. The average Bonchev–Trinajstić information content (AvgIpc) is 3.19. The smallest absolute Gasteiger partial charge is 0.329 e. The fourth-order valence-corrected chi connectivity index (χ4v) is 1.92. The third-order valence-corrected chi connectivity index (χ3v) is 3.70. The van der Waals surface area contributed by atoms with Gasteiger partial charge in [0, 0.05) is 20.6 Å². The van der Waals surface area contributed by atoms with Crippen LogP contribution in [0.4, 0.5) is 4.79 Å². The molecule has 0 spiro atoms. The molecule has 0 saturated heterocycles. The Bertz CT molecular complexity index is 406. The maximum absolute atomic E-state index is 12.2. The minimum atomic E-state index is -1.26. The van der Waals surface area contributed by atoms with E-state index >= 15 is 0 Å². The molecule has 0 aromatic heterocycles. The summed E-state index contributed by atoms with van der Waals surface area (Å²) in [5.41, 5.74) is -1.26. The van der Waals surface area contributed by atoms with Crippen molar-refractivity contribution in [3.8, 4) is 0 Å². The van der Waals surface area contributed by atoms with Crippen LogP contribution < -0.4 is 5.32 Å². The van der Waals surface area contributed by atoms with Crippen LogP contribution in [-0.4, -0.2) is 65.5 Å². The summed E-state index contributed by atoms with van der Waals surface area (Å²) in [6.07, 6.45) is 1.59. The number of carboxylic acid groups (broad SMARTS) is 1.